The highest BCUT2D eigenvalue weighted by Crippen LogP contribution is 2.48. The number of carbonyl (C=O) groups excluding carboxylic acids is 1. The summed E-state index contributed by atoms with van der Waals surface area (Å²) in [4.78, 5) is 28.0. The van der Waals surface area contributed by atoms with E-state index in [1.165, 1.54) is 0 Å². The van der Waals surface area contributed by atoms with Gasteiger partial charge in [-0.3, -0.25) is 14.5 Å². The van der Waals surface area contributed by atoms with Crippen molar-refractivity contribution in [2.75, 3.05) is 26.7 Å². The Morgan fingerprint density at radius 3 is 2.83 bits per heavy atom. The molecule has 0 spiro atoms. The van der Waals surface area contributed by atoms with E-state index in [0.29, 0.717) is 19.6 Å². The molecule has 1 aromatic carbocycles. The first kappa shape index (κ1) is 17.4. The Bertz CT molecular complexity index is 651. The molecule has 1 N–H and O–H groups in total. The molecule has 0 unspecified atom stereocenters. The van der Waals surface area contributed by atoms with Gasteiger partial charge in [-0.25, -0.2) is 0 Å². The van der Waals surface area contributed by atoms with Crippen molar-refractivity contribution in [2.45, 2.75) is 25.8 Å². The Labute approximate surface area is 150 Å². The van der Waals surface area contributed by atoms with Gasteiger partial charge in [0.05, 0.1) is 12.0 Å². The second-order valence-corrected chi connectivity index (χ2v) is 7.92. The topological polar surface area (TPSA) is 60.9 Å². The van der Waals surface area contributed by atoms with Gasteiger partial charge >= 0.3 is 5.97 Å². The fourth-order valence-electron chi connectivity index (χ4n) is 4.15. The monoisotopic (exact) mass is 394 g/mol. The molecule has 1 saturated heterocycles. The number of carboxylic acid groups (broad SMARTS) is 1. The summed E-state index contributed by atoms with van der Waals surface area (Å²) in [6.07, 6.45) is 2.69. The van der Waals surface area contributed by atoms with Crippen LogP contribution in [0.4, 0.5) is 0 Å². The molecule has 0 radical (unpaired) electrons. The first-order valence-corrected chi connectivity index (χ1v) is 9.15. The predicted molar refractivity (Wildman–Crippen MR) is 94.5 cm³/mol. The fraction of sp³-hybridized carbons (Fsp3) is 0.556. The van der Waals surface area contributed by atoms with E-state index in [0.717, 1.165) is 35.8 Å². The number of carbonyl (C=O) groups is 2. The van der Waals surface area contributed by atoms with Gasteiger partial charge in [-0.05, 0) is 30.4 Å². The summed E-state index contributed by atoms with van der Waals surface area (Å²) in [5.74, 6) is -0.468. The lowest BCUT2D eigenvalue weighted by Crippen LogP contribution is -2.40. The molecule has 3 rings (SSSR count). The minimum absolute atomic E-state index is 0.0336. The summed E-state index contributed by atoms with van der Waals surface area (Å²) >= 11 is 3.50. The molecule has 24 heavy (non-hydrogen) atoms. The Kier molecular flexibility index (Phi) is 4.97. The number of fused-ring (bicyclic) bond motifs is 1. The van der Waals surface area contributed by atoms with Gasteiger partial charge in [0.2, 0.25) is 5.91 Å². The molecule has 0 aromatic heterocycles. The number of benzene rings is 1. The highest BCUT2D eigenvalue weighted by atomic mass is 79.9. The van der Waals surface area contributed by atoms with Crippen molar-refractivity contribution in [3.8, 4) is 0 Å². The number of amides is 1. The maximum atomic E-state index is 12.5. The zero-order chi connectivity index (χ0) is 17.3. The lowest BCUT2D eigenvalue weighted by atomic mass is 9.81. The van der Waals surface area contributed by atoms with Crippen molar-refractivity contribution in [1.29, 1.82) is 0 Å². The number of aliphatic carboxylic acids is 1. The van der Waals surface area contributed by atoms with E-state index in [1.807, 2.05) is 29.2 Å². The zero-order valence-corrected chi connectivity index (χ0v) is 15.5. The first-order chi connectivity index (χ1) is 11.4. The van der Waals surface area contributed by atoms with Gasteiger partial charge in [-0.15, -0.1) is 0 Å². The molecule has 2 atom stereocenters. The molecule has 5 nitrogen and oxygen atoms in total. The largest absolute Gasteiger partial charge is 0.481 e. The molecule has 1 heterocycles. The minimum Gasteiger partial charge on any atom is -0.481 e. The molecule has 0 bridgehead atoms. The second-order valence-electron chi connectivity index (χ2n) is 7.06. The van der Waals surface area contributed by atoms with Crippen LogP contribution in [0.3, 0.4) is 0 Å². The Morgan fingerprint density at radius 2 is 2.17 bits per heavy atom. The van der Waals surface area contributed by atoms with E-state index in [2.05, 4.69) is 15.9 Å². The van der Waals surface area contributed by atoms with Crippen LogP contribution < -0.4 is 0 Å². The maximum Gasteiger partial charge on any atom is 0.311 e. The minimum atomic E-state index is -0.693. The van der Waals surface area contributed by atoms with E-state index in [4.69, 9.17) is 0 Å². The quantitative estimate of drug-likeness (QED) is 0.833. The molecule has 2 aliphatic rings. The van der Waals surface area contributed by atoms with Gasteiger partial charge in [0.25, 0.3) is 0 Å². The van der Waals surface area contributed by atoms with Crippen molar-refractivity contribution in [3.63, 3.8) is 0 Å². The first-order valence-electron chi connectivity index (χ1n) is 8.35. The molecular formula is C18H23BrN2O3. The Balaban J connectivity index is 1.60. The predicted octanol–water partition coefficient (Wildman–Crippen LogP) is 2.59. The summed E-state index contributed by atoms with van der Waals surface area (Å²) in [5.41, 5.74) is 0.440. The highest BCUT2D eigenvalue weighted by Gasteiger charge is 2.54. The summed E-state index contributed by atoms with van der Waals surface area (Å²) in [7, 11) is 1.80. The van der Waals surface area contributed by atoms with Gasteiger partial charge in [0.15, 0.2) is 0 Å². The molecule has 1 aromatic rings. The average Bonchev–Trinajstić information content (AvgIpc) is 3.07. The molecular weight excluding hydrogens is 372 g/mol. The van der Waals surface area contributed by atoms with Crippen molar-refractivity contribution in [3.05, 3.63) is 34.3 Å². The van der Waals surface area contributed by atoms with E-state index in [1.54, 1.807) is 11.9 Å². The van der Waals surface area contributed by atoms with E-state index >= 15 is 0 Å². The van der Waals surface area contributed by atoms with Gasteiger partial charge in [-0.1, -0.05) is 40.5 Å². The number of hydrogen-bond donors (Lipinski definition) is 1. The number of likely N-dealkylation sites (tertiary alicyclic amines) is 1. The number of rotatable bonds is 5. The summed E-state index contributed by atoms with van der Waals surface area (Å²) in [5, 5.41) is 9.63. The lowest BCUT2D eigenvalue weighted by Gasteiger charge is -2.24. The van der Waals surface area contributed by atoms with Crippen LogP contribution >= 0.6 is 15.9 Å². The van der Waals surface area contributed by atoms with Crippen molar-refractivity contribution in [2.24, 2.45) is 11.3 Å². The van der Waals surface area contributed by atoms with E-state index in [9.17, 15) is 14.7 Å². The van der Waals surface area contributed by atoms with Crippen LogP contribution in [-0.2, 0) is 16.1 Å². The van der Waals surface area contributed by atoms with Crippen molar-refractivity contribution < 1.29 is 14.7 Å². The van der Waals surface area contributed by atoms with Gasteiger partial charge in [0, 0.05) is 31.2 Å². The summed E-state index contributed by atoms with van der Waals surface area (Å²) in [6, 6.07) is 7.86. The third kappa shape index (κ3) is 3.22. The van der Waals surface area contributed by atoms with Crippen LogP contribution in [0.5, 0.6) is 0 Å². The number of halogens is 1. The average molecular weight is 395 g/mol. The molecule has 1 amide bonds. The molecule has 1 aliphatic carbocycles. The number of carboxylic acids is 1. The van der Waals surface area contributed by atoms with Crippen LogP contribution in [0.15, 0.2) is 28.7 Å². The van der Waals surface area contributed by atoms with Gasteiger partial charge in [0.1, 0.15) is 0 Å². The van der Waals surface area contributed by atoms with E-state index < -0.39 is 11.4 Å². The molecule has 6 heteroatoms. The molecule has 2 fully saturated rings. The highest BCUT2D eigenvalue weighted by molar-refractivity contribution is 9.10. The number of nitrogens with zero attached hydrogens (tertiary/aromatic N) is 2. The summed E-state index contributed by atoms with van der Waals surface area (Å²) in [6.45, 7) is 2.07. The third-order valence-electron chi connectivity index (χ3n) is 5.52. The van der Waals surface area contributed by atoms with Crippen molar-refractivity contribution >= 4 is 27.8 Å². The standard InChI is InChI=1S/C18H23BrN2O3/c1-20(9-13-5-2-3-7-15(13)19)16(22)11-21-10-14-6-4-8-18(14,12-21)17(23)24/h2-3,5,7,14H,4,6,8-12H2,1H3,(H,23,24)/t14-,18+/m0/s1. The summed E-state index contributed by atoms with van der Waals surface area (Å²) < 4.78 is 0.991. The number of likely N-dealkylation sites (N-methyl/N-ethyl adjacent to an activating group) is 1. The van der Waals surface area contributed by atoms with Gasteiger partial charge < -0.3 is 10.0 Å². The van der Waals surface area contributed by atoms with Crippen LogP contribution in [-0.4, -0.2) is 53.5 Å². The Hall–Kier alpha value is -1.40. The maximum absolute atomic E-state index is 12.5. The normalized spacial score (nSPS) is 26.3. The molecule has 1 saturated carbocycles. The molecule has 1 aliphatic heterocycles. The second kappa shape index (κ2) is 6.84. The van der Waals surface area contributed by atoms with Gasteiger partial charge in [-0.2, -0.15) is 0 Å². The smallest absolute Gasteiger partial charge is 0.311 e. The van der Waals surface area contributed by atoms with Crippen LogP contribution in [0, 0.1) is 11.3 Å². The van der Waals surface area contributed by atoms with E-state index in [-0.39, 0.29) is 11.8 Å². The lowest BCUT2D eigenvalue weighted by molar-refractivity contribution is -0.149. The number of hydrogen-bond acceptors (Lipinski definition) is 3. The van der Waals surface area contributed by atoms with Crippen molar-refractivity contribution in [1.82, 2.24) is 9.80 Å². The SMILES string of the molecule is CN(Cc1ccccc1Br)C(=O)CN1C[C@@H]2CCC[C@@]2(C(=O)O)C1. The Morgan fingerprint density at radius 1 is 1.42 bits per heavy atom. The zero-order valence-electron chi connectivity index (χ0n) is 13.9. The fourth-order valence-corrected chi connectivity index (χ4v) is 4.56. The van der Waals surface area contributed by atoms with Crippen LogP contribution in [0.25, 0.3) is 0 Å². The molecule has 130 valence electrons. The third-order valence-corrected chi connectivity index (χ3v) is 6.29. The van der Waals surface area contributed by atoms with Crippen LogP contribution in [0.1, 0.15) is 24.8 Å². The van der Waals surface area contributed by atoms with Crippen LogP contribution in [0.2, 0.25) is 0 Å².